The van der Waals surface area contributed by atoms with Crippen LogP contribution in [0.1, 0.15) is 37.8 Å². The highest BCUT2D eigenvalue weighted by Crippen LogP contribution is 2.37. The fourth-order valence-corrected chi connectivity index (χ4v) is 4.68. The van der Waals surface area contributed by atoms with E-state index in [2.05, 4.69) is 11.9 Å². The molecular formula is C27H33N3O3. The van der Waals surface area contributed by atoms with Gasteiger partial charge in [0.25, 0.3) is 11.8 Å². The van der Waals surface area contributed by atoms with Crippen molar-refractivity contribution in [1.82, 2.24) is 9.80 Å². The Morgan fingerprint density at radius 2 is 1.61 bits per heavy atom. The van der Waals surface area contributed by atoms with Gasteiger partial charge in [-0.25, -0.2) is 4.90 Å². The number of hydrogen-bond donors (Lipinski definition) is 0. The van der Waals surface area contributed by atoms with E-state index >= 15 is 0 Å². The predicted molar refractivity (Wildman–Crippen MR) is 131 cm³/mol. The number of ether oxygens (including phenoxy) is 1. The molecule has 0 unspecified atom stereocenters. The summed E-state index contributed by atoms with van der Waals surface area (Å²) in [5, 5.41) is 0. The second kappa shape index (κ2) is 9.40. The molecule has 4 rings (SSSR count). The second-order valence-corrected chi connectivity index (χ2v) is 9.29. The summed E-state index contributed by atoms with van der Waals surface area (Å²) in [4.78, 5) is 33.2. The van der Waals surface area contributed by atoms with Crippen molar-refractivity contribution in [3.05, 3.63) is 65.4 Å². The summed E-state index contributed by atoms with van der Waals surface area (Å²) in [6, 6.07) is 15.2. The van der Waals surface area contributed by atoms with Crippen molar-refractivity contribution in [1.29, 1.82) is 0 Å². The fraction of sp³-hybridized carbons (Fsp3) is 0.407. The van der Waals surface area contributed by atoms with Crippen molar-refractivity contribution in [3.8, 4) is 5.75 Å². The van der Waals surface area contributed by atoms with Gasteiger partial charge >= 0.3 is 0 Å². The average Bonchev–Trinajstić information content (AvgIpc) is 3.04. The number of piperidine rings is 1. The number of anilines is 1. The zero-order valence-electron chi connectivity index (χ0n) is 20.2. The molecule has 2 amide bonds. The van der Waals surface area contributed by atoms with E-state index < -0.39 is 0 Å². The van der Waals surface area contributed by atoms with Gasteiger partial charge in [0, 0.05) is 13.1 Å². The summed E-state index contributed by atoms with van der Waals surface area (Å²) < 4.78 is 5.77. The standard InChI is InChI=1S/C27H33N3O3/c1-18(2)33-22-12-10-20(11-13-22)24-25(29(5)21-14-16-28(4)17-15-21)27(32)30(26(24)31)23-9-7-6-8-19(23)3/h6-13,18,21H,14-17H2,1-5H3. The van der Waals surface area contributed by atoms with Crippen LogP contribution in [0.25, 0.3) is 5.57 Å². The quantitative estimate of drug-likeness (QED) is 0.625. The van der Waals surface area contributed by atoms with Crippen LogP contribution in [0.3, 0.4) is 0 Å². The van der Waals surface area contributed by atoms with Gasteiger partial charge in [-0.3, -0.25) is 9.59 Å². The van der Waals surface area contributed by atoms with Gasteiger partial charge in [-0.15, -0.1) is 0 Å². The highest BCUT2D eigenvalue weighted by Gasteiger charge is 2.43. The second-order valence-electron chi connectivity index (χ2n) is 9.29. The zero-order valence-corrected chi connectivity index (χ0v) is 20.2. The van der Waals surface area contributed by atoms with Gasteiger partial charge in [0.2, 0.25) is 0 Å². The minimum atomic E-state index is -0.276. The Labute approximate surface area is 196 Å². The van der Waals surface area contributed by atoms with Crippen LogP contribution in [0.15, 0.2) is 54.2 Å². The summed E-state index contributed by atoms with van der Waals surface area (Å²) >= 11 is 0. The van der Waals surface area contributed by atoms with Crippen LogP contribution in [0.4, 0.5) is 5.69 Å². The number of amides is 2. The van der Waals surface area contributed by atoms with Gasteiger partial charge < -0.3 is 14.5 Å². The number of rotatable bonds is 6. The molecule has 6 heteroatoms. The molecule has 1 fully saturated rings. The van der Waals surface area contributed by atoms with E-state index in [0.29, 0.717) is 17.0 Å². The van der Waals surface area contributed by atoms with Crippen molar-refractivity contribution < 1.29 is 14.3 Å². The third kappa shape index (κ3) is 4.53. The van der Waals surface area contributed by atoms with E-state index in [1.807, 2.05) is 81.2 Å². The van der Waals surface area contributed by atoms with Crippen molar-refractivity contribution in [2.45, 2.75) is 45.8 Å². The van der Waals surface area contributed by atoms with Crippen LogP contribution in [0.5, 0.6) is 5.75 Å². The molecule has 2 heterocycles. The van der Waals surface area contributed by atoms with Crippen molar-refractivity contribution in [3.63, 3.8) is 0 Å². The number of carbonyl (C=O) groups excluding carboxylic acids is 2. The summed E-state index contributed by atoms with van der Waals surface area (Å²) in [5.41, 5.74) is 3.20. The van der Waals surface area contributed by atoms with Crippen molar-refractivity contribution in [2.75, 3.05) is 32.1 Å². The van der Waals surface area contributed by atoms with Crippen molar-refractivity contribution >= 4 is 23.1 Å². The summed E-state index contributed by atoms with van der Waals surface area (Å²) in [6.45, 7) is 7.83. The molecule has 6 nitrogen and oxygen atoms in total. The smallest absolute Gasteiger partial charge is 0.282 e. The summed E-state index contributed by atoms with van der Waals surface area (Å²) in [5.74, 6) is 0.210. The van der Waals surface area contributed by atoms with E-state index in [1.54, 1.807) is 0 Å². The SMILES string of the molecule is Cc1ccccc1N1C(=O)C(c2ccc(OC(C)C)cc2)=C(N(C)C2CCN(C)CC2)C1=O. The van der Waals surface area contributed by atoms with Gasteiger partial charge in [0.15, 0.2) is 0 Å². The summed E-state index contributed by atoms with van der Waals surface area (Å²) in [6.07, 6.45) is 1.97. The normalized spacial score (nSPS) is 17.9. The molecule has 2 aliphatic heterocycles. The Morgan fingerprint density at radius 1 is 0.970 bits per heavy atom. The van der Waals surface area contributed by atoms with E-state index in [4.69, 9.17) is 4.74 Å². The lowest BCUT2D eigenvalue weighted by Gasteiger charge is -2.36. The largest absolute Gasteiger partial charge is 0.491 e. The minimum absolute atomic E-state index is 0.0624. The molecule has 1 saturated heterocycles. The highest BCUT2D eigenvalue weighted by atomic mass is 16.5. The molecule has 0 aliphatic carbocycles. The third-order valence-electron chi connectivity index (χ3n) is 6.52. The Kier molecular flexibility index (Phi) is 6.56. The molecule has 0 saturated carbocycles. The molecule has 0 aromatic heterocycles. The number of imide groups is 1. The van der Waals surface area contributed by atoms with E-state index in [-0.39, 0.29) is 24.0 Å². The fourth-order valence-electron chi connectivity index (χ4n) is 4.68. The first kappa shape index (κ1) is 23.1. The van der Waals surface area contributed by atoms with Gasteiger partial charge in [0.1, 0.15) is 11.4 Å². The van der Waals surface area contributed by atoms with E-state index in [1.165, 1.54) is 4.90 Å². The molecule has 33 heavy (non-hydrogen) atoms. The highest BCUT2D eigenvalue weighted by molar-refractivity contribution is 6.45. The molecule has 2 aromatic rings. The van der Waals surface area contributed by atoms with Crippen LogP contribution in [0.2, 0.25) is 0 Å². The molecule has 0 N–H and O–H groups in total. The first-order valence-corrected chi connectivity index (χ1v) is 11.6. The van der Waals surface area contributed by atoms with Crippen LogP contribution < -0.4 is 9.64 Å². The molecule has 0 atom stereocenters. The lowest BCUT2D eigenvalue weighted by molar-refractivity contribution is -0.120. The molecule has 0 spiro atoms. The first-order valence-electron chi connectivity index (χ1n) is 11.6. The molecule has 0 radical (unpaired) electrons. The Morgan fingerprint density at radius 3 is 2.21 bits per heavy atom. The number of benzene rings is 2. The van der Waals surface area contributed by atoms with Crippen LogP contribution >= 0.6 is 0 Å². The van der Waals surface area contributed by atoms with Gasteiger partial charge in [-0.05, 0) is 83.1 Å². The number of hydrogen-bond acceptors (Lipinski definition) is 5. The molecule has 2 aliphatic rings. The lowest BCUT2D eigenvalue weighted by atomic mass is 10.00. The monoisotopic (exact) mass is 447 g/mol. The molecular weight excluding hydrogens is 414 g/mol. The molecule has 174 valence electrons. The number of para-hydroxylation sites is 1. The van der Waals surface area contributed by atoms with Crippen LogP contribution in [0, 0.1) is 6.92 Å². The van der Waals surface area contributed by atoms with Gasteiger partial charge in [-0.2, -0.15) is 0 Å². The van der Waals surface area contributed by atoms with E-state index in [9.17, 15) is 9.59 Å². The first-order chi connectivity index (χ1) is 15.8. The predicted octanol–water partition coefficient (Wildman–Crippen LogP) is 4.09. The zero-order chi connectivity index (χ0) is 23.7. The maximum atomic E-state index is 13.8. The average molecular weight is 448 g/mol. The number of nitrogens with zero attached hydrogens (tertiary/aromatic N) is 3. The maximum absolute atomic E-state index is 13.8. The minimum Gasteiger partial charge on any atom is -0.491 e. The number of carbonyl (C=O) groups is 2. The van der Waals surface area contributed by atoms with Gasteiger partial charge in [0.05, 0.1) is 17.4 Å². The van der Waals surface area contributed by atoms with Crippen LogP contribution in [-0.2, 0) is 9.59 Å². The Balaban J connectivity index is 1.77. The number of likely N-dealkylation sites (tertiary alicyclic amines) is 1. The number of likely N-dealkylation sites (N-methyl/N-ethyl adjacent to an activating group) is 1. The van der Waals surface area contributed by atoms with Crippen molar-refractivity contribution in [2.24, 2.45) is 0 Å². The Hall–Kier alpha value is -3.12. The van der Waals surface area contributed by atoms with Crippen LogP contribution in [-0.4, -0.2) is 60.9 Å². The molecule has 2 aromatic carbocycles. The maximum Gasteiger partial charge on any atom is 0.282 e. The van der Waals surface area contributed by atoms with E-state index in [0.717, 1.165) is 42.8 Å². The lowest BCUT2D eigenvalue weighted by Crippen LogP contribution is -2.43. The molecule has 0 bridgehead atoms. The topological polar surface area (TPSA) is 53.1 Å². The summed E-state index contributed by atoms with van der Waals surface area (Å²) in [7, 11) is 4.07. The van der Waals surface area contributed by atoms with Gasteiger partial charge in [-0.1, -0.05) is 30.3 Å². The number of aryl methyl sites for hydroxylation is 1. The third-order valence-corrected chi connectivity index (χ3v) is 6.52. The Bertz CT molecular complexity index is 1070.